The van der Waals surface area contributed by atoms with Crippen LogP contribution < -0.4 is 0 Å². The number of fused-ring (bicyclic) bond motifs is 1. The molecule has 0 N–H and O–H groups in total. The molecule has 0 amide bonds. The number of rotatable bonds is 4. The van der Waals surface area contributed by atoms with Crippen molar-refractivity contribution in [3.05, 3.63) is 65.5 Å². The molecule has 0 saturated heterocycles. The SMILES string of the molecule is CCC(c1ccccc1)c1nc2cc(C(=O)OC)ccc2o1. The summed E-state index contributed by atoms with van der Waals surface area (Å²) < 4.78 is 10.6. The lowest BCUT2D eigenvalue weighted by molar-refractivity contribution is 0.0601. The van der Waals surface area contributed by atoms with Crippen molar-refractivity contribution >= 4 is 17.1 Å². The molecule has 0 aliphatic heterocycles. The normalized spacial score (nSPS) is 12.3. The summed E-state index contributed by atoms with van der Waals surface area (Å²) in [7, 11) is 1.36. The first-order valence-corrected chi connectivity index (χ1v) is 7.26. The summed E-state index contributed by atoms with van der Waals surface area (Å²) in [6.07, 6.45) is 0.890. The maximum absolute atomic E-state index is 11.6. The minimum absolute atomic E-state index is 0.107. The number of oxazole rings is 1. The summed E-state index contributed by atoms with van der Waals surface area (Å²) in [6, 6.07) is 15.3. The molecule has 0 aliphatic carbocycles. The molecule has 0 fully saturated rings. The average Bonchev–Trinajstić information content (AvgIpc) is 2.98. The van der Waals surface area contributed by atoms with Gasteiger partial charge in [0.25, 0.3) is 0 Å². The highest BCUT2D eigenvalue weighted by molar-refractivity contribution is 5.93. The first-order valence-electron chi connectivity index (χ1n) is 7.26. The lowest BCUT2D eigenvalue weighted by Gasteiger charge is -2.10. The highest BCUT2D eigenvalue weighted by Crippen LogP contribution is 2.30. The van der Waals surface area contributed by atoms with Crippen molar-refractivity contribution in [2.24, 2.45) is 0 Å². The lowest BCUT2D eigenvalue weighted by Crippen LogP contribution is -2.00. The molecule has 0 saturated carbocycles. The number of carbonyl (C=O) groups is 1. The van der Waals surface area contributed by atoms with Crippen molar-refractivity contribution in [2.75, 3.05) is 7.11 Å². The number of ether oxygens (including phenoxy) is 1. The zero-order valence-electron chi connectivity index (χ0n) is 12.6. The van der Waals surface area contributed by atoms with Crippen LogP contribution in [-0.2, 0) is 4.74 Å². The molecule has 3 aromatic rings. The second kappa shape index (κ2) is 6.02. The van der Waals surface area contributed by atoms with Crippen LogP contribution in [0.25, 0.3) is 11.1 Å². The van der Waals surface area contributed by atoms with E-state index in [0.717, 1.165) is 6.42 Å². The summed E-state index contributed by atoms with van der Waals surface area (Å²) in [5, 5.41) is 0. The van der Waals surface area contributed by atoms with Crippen molar-refractivity contribution in [3.63, 3.8) is 0 Å². The fourth-order valence-electron chi connectivity index (χ4n) is 2.58. The van der Waals surface area contributed by atoms with Crippen molar-refractivity contribution in [1.29, 1.82) is 0 Å². The van der Waals surface area contributed by atoms with Gasteiger partial charge in [0.1, 0.15) is 5.52 Å². The molecule has 1 atom stereocenters. The Labute approximate surface area is 128 Å². The maximum atomic E-state index is 11.6. The highest BCUT2D eigenvalue weighted by Gasteiger charge is 2.19. The maximum Gasteiger partial charge on any atom is 0.337 e. The second-order valence-electron chi connectivity index (χ2n) is 5.10. The number of benzene rings is 2. The third kappa shape index (κ3) is 2.60. The molecule has 0 bridgehead atoms. The second-order valence-corrected chi connectivity index (χ2v) is 5.10. The Hall–Kier alpha value is -2.62. The largest absolute Gasteiger partial charge is 0.465 e. The summed E-state index contributed by atoms with van der Waals surface area (Å²) in [4.78, 5) is 16.2. The number of aromatic nitrogens is 1. The number of hydrogen-bond donors (Lipinski definition) is 0. The Morgan fingerprint density at radius 1 is 1.23 bits per heavy atom. The molecule has 4 heteroatoms. The van der Waals surface area contributed by atoms with Crippen LogP contribution in [0.5, 0.6) is 0 Å². The lowest BCUT2D eigenvalue weighted by atomic mass is 9.97. The molecule has 2 aromatic carbocycles. The fraction of sp³-hybridized carbons (Fsp3) is 0.222. The summed E-state index contributed by atoms with van der Waals surface area (Å²) in [6.45, 7) is 2.10. The Kier molecular flexibility index (Phi) is 3.92. The van der Waals surface area contributed by atoms with Gasteiger partial charge in [0, 0.05) is 0 Å². The van der Waals surface area contributed by atoms with Gasteiger partial charge in [0.15, 0.2) is 5.58 Å². The van der Waals surface area contributed by atoms with Crippen LogP contribution in [0, 0.1) is 0 Å². The molecule has 0 spiro atoms. The van der Waals surface area contributed by atoms with Gasteiger partial charge in [-0.2, -0.15) is 0 Å². The molecule has 1 unspecified atom stereocenters. The van der Waals surface area contributed by atoms with Gasteiger partial charge in [-0.25, -0.2) is 9.78 Å². The van der Waals surface area contributed by atoms with E-state index in [4.69, 9.17) is 9.15 Å². The monoisotopic (exact) mass is 295 g/mol. The van der Waals surface area contributed by atoms with Crippen LogP contribution in [0.4, 0.5) is 0 Å². The van der Waals surface area contributed by atoms with E-state index in [1.807, 2.05) is 18.2 Å². The van der Waals surface area contributed by atoms with Crippen molar-refractivity contribution in [2.45, 2.75) is 19.3 Å². The fourth-order valence-corrected chi connectivity index (χ4v) is 2.58. The first kappa shape index (κ1) is 14.3. The molecule has 0 radical (unpaired) electrons. The van der Waals surface area contributed by atoms with Crippen molar-refractivity contribution in [3.8, 4) is 0 Å². The molecular formula is C18H17NO3. The zero-order chi connectivity index (χ0) is 15.5. The molecule has 0 aliphatic rings. The van der Waals surface area contributed by atoms with E-state index in [1.54, 1.807) is 18.2 Å². The Bertz CT molecular complexity index is 792. The number of esters is 1. The van der Waals surface area contributed by atoms with Crippen molar-refractivity contribution in [1.82, 2.24) is 4.98 Å². The highest BCUT2D eigenvalue weighted by atomic mass is 16.5. The summed E-state index contributed by atoms with van der Waals surface area (Å²) in [5.41, 5.74) is 3.00. The van der Waals surface area contributed by atoms with Gasteiger partial charge in [-0.3, -0.25) is 0 Å². The van der Waals surface area contributed by atoms with Gasteiger partial charge in [-0.15, -0.1) is 0 Å². The minimum Gasteiger partial charge on any atom is -0.465 e. The van der Waals surface area contributed by atoms with Crippen LogP contribution >= 0.6 is 0 Å². The number of nitrogens with zero attached hydrogens (tertiary/aromatic N) is 1. The molecule has 112 valence electrons. The summed E-state index contributed by atoms with van der Waals surface area (Å²) >= 11 is 0. The van der Waals surface area contributed by atoms with Crippen LogP contribution in [0.15, 0.2) is 52.9 Å². The van der Waals surface area contributed by atoms with Gasteiger partial charge in [0.05, 0.1) is 18.6 Å². The third-order valence-corrected chi connectivity index (χ3v) is 3.73. The van der Waals surface area contributed by atoms with Crippen molar-refractivity contribution < 1.29 is 13.9 Å². The van der Waals surface area contributed by atoms with E-state index < -0.39 is 0 Å². The van der Waals surface area contributed by atoms with Gasteiger partial charge in [0.2, 0.25) is 5.89 Å². The van der Waals surface area contributed by atoms with E-state index in [0.29, 0.717) is 22.6 Å². The quantitative estimate of drug-likeness (QED) is 0.678. The van der Waals surface area contributed by atoms with E-state index in [2.05, 4.69) is 24.0 Å². The van der Waals surface area contributed by atoms with E-state index in [-0.39, 0.29) is 11.9 Å². The van der Waals surface area contributed by atoms with E-state index in [9.17, 15) is 4.79 Å². The Morgan fingerprint density at radius 3 is 2.68 bits per heavy atom. The molecule has 1 aromatic heterocycles. The molecular weight excluding hydrogens is 278 g/mol. The van der Waals surface area contributed by atoms with Gasteiger partial charge < -0.3 is 9.15 Å². The number of carbonyl (C=O) groups excluding carboxylic acids is 1. The predicted octanol–water partition coefficient (Wildman–Crippen LogP) is 4.16. The molecule has 22 heavy (non-hydrogen) atoms. The molecule has 4 nitrogen and oxygen atoms in total. The average molecular weight is 295 g/mol. The minimum atomic E-state index is -0.374. The van der Waals surface area contributed by atoms with Crippen LogP contribution in [0.3, 0.4) is 0 Å². The zero-order valence-corrected chi connectivity index (χ0v) is 12.6. The topological polar surface area (TPSA) is 52.3 Å². The standard InChI is InChI=1S/C18H17NO3/c1-3-14(12-7-5-4-6-8-12)17-19-15-11-13(18(20)21-2)9-10-16(15)22-17/h4-11,14H,3H2,1-2H3. The van der Waals surface area contributed by atoms with Gasteiger partial charge in [-0.05, 0) is 30.2 Å². The third-order valence-electron chi connectivity index (χ3n) is 3.73. The molecule has 1 heterocycles. The van der Waals surface area contributed by atoms with Crippen LogP contribution in [0.2, 0.25) is 0 Å². The van der Waals surface area contributed by atoms with Crippen LogP contribution in [-0.4, -0.2) is 18.1 Å². The first-order chi connectivity index (χ1) is 10.7. The Balaban J connectivity index is 2.02. The number of methoxy groups -OCH3 is 1. The van der Waals surface area contributed by atoms with Gasteiger partial charge in [-0.1, -0.05) is 37.3 Å². The predicted molar refractivity (Wildman–Crippen MR) is 83.9 cm³/mol. The van der Waals surface area contributed by atoms with E-state index in [1.165, 1.54) is 12.7 Å². The molecule has 3 rings (SSSR count). The summed E-state index contributed by atoms with van der Waals surface area (Å²) in [5.74, 6) is 0.405. The Morgan fingerprint density at radius 2 is 2.00 bits per heavy atom. The smallest absolute Gasteiger partial charge is 0.337 e. The van der Waals surface area contributed by atoms with Crippen LogP contribution in [0.1, 0.15) is 41.1 Å². The van der Waals surface area contributed by atoms with Gasteiger partial charge >= 0.3 is 5.97 Å². The van der Waals surface area contributed by atoms with E-state index >= 15 is 0 Å². The number of hydrogen-bond acceptors (Lipinski definition) is 4.